The minimum atomic E-state index is 0.868. The van der Waals surface area contributed by atoms with Crippen LogP contribution in [0.2, 0.25) is 0 Å². The summed E-state index contributed by atoms with van der Waals surface area (Å²) in [6.45, 7) is 2.37. The monoisotopic (exact) mass is 261 g/mol. The van der Waals surface area contributed by atoms with E-state index in [4.69, 9.17) is 0 Å². The number of rotatable bonds is 3. The molecule has 0 spiro atoms. The van der Waals surface area contributed by atoms with Gasteiger partial charge in [-0.25, -0.2) is 0 Å². The average molecular weight is 261 g/mol. The predicted molar refractivity (Wildman–Crippen MR) is 80.0 cm³/mol. The summed E-state index contributed by atoms with van der Waals surface area (Å²) in [4.78, 5) is 0. The number of hydrogen-bond donors (Lipinski definition) is 1. The lowest BCUT2D eigenvalue weighted by Crippen LogP contribution is -2.45. The van der Waals surface area contributed by atoms with Gasteiger partial charge >= 0.3 is 0 Å². The van der Waals surface area contributed by atoms with Crippen LogP contribution in [0.5, 0.6) is 0 Å². The Balaban J connectivity index is 1.33. The van der Waals surface area contributed by atoms with Gasteiger partial charge < -0.3 is 5.32 Å². The Kier molecular flexibility index (Phi) is 3.38. The van der Waals surface area contributed by atoms with Crippen LogP contribution >= 0.6 is 0 Å². The standard InChI is InChI=1S/C18H31N/c1-2-12-6-8-14(9-7-12)19-18-11-13-10-17(18)16-5-3-4-15(13)16/h12-19H,2-11H2,1H3. The Morgan fingerprint density at radius 3 is 2.42 bits per heavy atom. The van der Waals surface area contributed by atoms with Gasteiger partial charge in [0.2, 0.25) is 0 Å². The molecule has 0 radical (unpaired) electrons. The summed E-state index contributed by atoms with van der Waals surface area (Å²) in [5.74, 6) is 5.50. The maximum atomic E-state index is 4.11. The first-order valence-corrected chi connectivity index (χ1v) is 9.11. The lowest BCUT2D eigenvalue weighted by molar-refractivity contribution is 0.179. The fourth-order valence-electron chi connectivity index (χ4n) is 6.30. The first-order valence-electron chi connectivity index (χ1n) is 9.11. The lowest BCUT2D eigenvalue weighted by Gasteiger charge is -2.37. The van der Waals surface area contributed by atoms with Crippen molar-refractivity contribution in [1.82, 2.24) is 5.32 Å². The largest absolute Gasteiger partial charge is 0.311 e. The van der Waals surface area contributed by atoms with E-state index >= 15 is 0 Å². The Labute approximate surface area is 118 Å². The predicted octanol–water partition coefficient (Wildman–Crippen LogP) is 4.37. The highest BCUT2D eigenvalue weighted by Gasteiger charge is 2.53. The fraction of sp³-hybridized carbons (Fsp3) is 1.00. The molecule has 0 heterocycles. The zero-order chi connectivity index (χ0) is 12.8. The van der Waals surface area contributed by atoms with E-state index in [1.165, 1.54) is 44.9 Å². The Morgan fingerprint density at radius 2 is 1.63 bits per heavy atom. The SMILES string of the molecule is CCC1CCC(NC2CC3CC2C2CCCC32)CC1. The molecule has 2 bridgehead atoms. The van der Waals surface area contributed by atoms with Crippen molar-refractivity contribution < 1.29 is 0 Å². The van der Waals surface area contributed by atoms with Gasteiger partial charge in [-0.2, -0.15) is 0 Å². The molecule has 0 amide bonds. The second-order valence-corrected chi connectivity index (χ2v) is 8.05. The van der Waals surface area contributed by atoms with Gasteiger partial charge in [-0.05, 0) is 81.0 Å². The molecular weight excluding hydrogens is 230 g/mol. The van der Waals surface area contributed by atoms with Crippen LogP contribution in [0.15, 0.2) is 0 Å². The van der Waals surface area contributed by atoms with E-state index in [-0.39, 0.29) is 0 Å². The molecule has 4 rings (SSSR count). The van der Waals surface area contributed by atoms with Crippen LogP contribution in [0.1, 0.15) is 71.1 Å². The molecule has 0 aliphatic heterocycles. The highest BCUT2D eigenvalue weighted by Crippen LogP contribution is 2.58. The average Bonchev–Trinajstić information content (AvgIpc) is 3.11. The molecule has 4 aliphatic rings. The second kappa shape index (κ2) is 5.06. The molecule has 1 N–H and O–H groups in total. The van der Waals surface area contributed by atoms with Crippen molar-refractivity contribution in [1.29, 1.82) is 0 Å². The van der Waals surface area contributed by atoms with Crippen LogP contribution in [0.25, 0.3) is 0 Å². The molecule has 4 aliphatic carbocycles. The van der Waals surface area contributed by atoms with Gasteiger partial charge in [0, 0.05) is 12.1 Å². The zero-order valence-corrected chi connectivity index (χ0v) is 12.6. The van der Waals surface area contributed by atoms with Crippen LogP contribution < -0.4 is 5.32 Å². The quantitative estimate of drug-likeness (QED) is 0.795. The first kappa shape index (κ1) is 12.7. The van der Waals surface area contributed by atoms with E-state index in [0.717, 1.165) is 41.7 Å². The van der Waals surface area contributed by atoms with E-state index in [1.807, 2.05) is 0 Å². The molecule has 0 saturated heterocycles. The van der Waals surface area contributed by atoms with E-state index in [9.17, 15) is 0 Å². The molecule has 0 aromatic heterocycles. The highest BCUT2D eigenvalue weighted by atomic mass is 15.0. The molecule has 0 aromatic carbocycles. The van der Waals surface area contributed by atoms with E-state index in [1.54, 1.807) is 19.3 Å². The summed E-state index contributed by atoms with van der Waals surface area (Å²) < 4.78 is 0. The maximum Gasteiger partial charge on any atom is 0.0103 e. The van der Waals surface area contributed by atoms with Gasteiger partial charge in [0.25, 0.3) is 0 Å². The molecule has 5 unspecified atom stereocenters. The third kappa shape index (κ3) is 2.17. The summed E-state index contributed by atoms with van der Waals surface area (Å²) in [6.07, 6.45) is 15.1. The van der Waals surface area contributed by atoms with E-state index in [2.05, 4.69) is 12.2 Å². The highest BCUT2D eigenvalue weighted by molar-refractivity contribution is 5.06. The van der Waals surface area contributed by atoms with Gasteiger partial charge in [-0.1, -0.05) is 19.8 Å². The molecule has 1 heteroatoms. The molecule has 4 fully saturated rings. The van der Waals surface area contributed by atoms with Crippen molar-refractivity contribution in [3.8, 4) is 0 Å². The third-order valence-electron chi connectivity index (χ3n) is 7.30. The topological polar surface area (TPSA) is 12.0 Å². The number of fused-ring (bicyclic) bond motifs is 5. The molecule has 108 valence electrons. The van der Waals surface area contributed by atoms with Gasteiger partial charge in [-0.3, -0.25) is 0 Å². The summed E-state index contributed by atoms with van der Waals surface area (Å²) in [5, 5.41) is 4.11. The molecule has 1 nitrogen and oxygen atoms in total. The fourth-order valence-corrected chi connectivity index (χ4v) is 6.30. The minimum Gasteiger partial charge on any atom is -0.311 e. The van der Waals surface area contributed by atoms with Crippen LogP contribution in [0, 0.1) is 29.6 Å². The van der Waals surface area contributed by atoms with Crippen molar-refractivity contribution in [2.45, 2.75) is 83.2 Å². The summed E-state index contributed by atoms with van der Waals surface area (Å²) in [5.41, 5.74) is 0. The van der Waals surface area contributed by atoms with Crippen molar-refractivity contribution in [2.75, 3.05) is 0 Å². The zero-order valence-electron chi connectivity index (χ0n) is 12.6. The van der Waals surface area contributed by atoms with Gasteiger partial charge in [0.15, 0.2) is 0 Å². The smallest absolute Gasteiger partial charge is 0.0103 e. The van der Waals surface area contributed by atoms with Crippen LogP contribution in [-0.4, -0.2) is 12.1 Å². The van der Waals surface area contributed by atoms with Gasteiger partial charge in [-0.15, -0.1) is 0 Å². The molecular formula is C18H31N. The first-order chi connectivity index (χ1) is 9.35. The lowest BCUT2D eigenvalue weighted by atomic mass is 9.78. The third-order valence-corrected chi connectivity index (χ3v) is 7.30. The van der Waals surface area contributed by atoms with Crippen molar-refractivity contribution in [3.05, 3.63) is 0 Å². The molecule has 5 atom stereocenters. The van der Waals surface area contributed by atoms with Crippen molar-refractivity contribution in [2.24, 2.45) is 29.6 Å². The molecule has 4 saturated carbocycles. The summed E-state index contributed by atoms with van der Waals surface area (Å²) in [6, 6.07) is 1.78. The van der Waals surface area contributed by atoms with Gasteiger partial charge in [0.1, 0.15) is 0 Å². The normalized spacial score (nSPS) is 52.6. The number of nitrogens with one attached hydrogen (secondary N) is 1. The minimum absolute atomic E-state index is 0.868. The van der Waals surface area contributed by atoms with Gasteiger partial charge in [0.05, 0.1) is 0 Å². The summed E-state index contributed by atoms with van der Waals surface area (Å²) in [7, 11) is 0. The maximum absolute atomic E-state index is 4.11. The van der Waals surface area contributed by atoms with Crippen LogP contribution in [-0.2, 0) is 0 Å². The Hall–Kier alpha value is -0.0400. The molecule has 0 aromatic rings. The Morgan fingerprint density at radius 1 is 0.842 bits per heavy atom. The Bertz CT molecular complexity index is 318. The van der Waals surface area contributed by atoms with E-state index < -0.39 is 0 Å². The van der Waals surface area contributed by atoms with E-state index in [0.29, 0.717) is 0 Å². The molecule has 19 heavy (non-hydrogen) atoms. The summed E-state index contributed by atoms with van der Waals surface area (Å²) >= 11 is 0. The second-order valence-electron chi connectivity index (χ2n) is 8.05. The van der Waals surface area contributed by atoms with Crippen LogP contribution in [0.3, 0.4) is 0 Å². The van der Waals surface area contributed by atoms with Crippen molar-refractivity contribution in [3.63, 3.8) is 0 Å². The number of hydrogen-bond acceptors (Lipinski definition) is 1. The van der Waals surface area contributed by atoms with Crippen LogP contribution in [0.4, 0.5) is 0 Å². The van der Waals surface area contributed by atoms with Crippen molar-refractivity contribution >= 4 is 0 Å².